The molecule has 0 bridgehead atoms. The summed E-state index contributed by atoms with van der Waals surface area (Å²) in [4.78, 5) is 26.9. The van der Waals surface area contributed by atoms with Crippen LogP contribution in [0.25, 0.3) is 11.1 Å². The average molecular weight is 512 g/mol. The van der Waals surface area contributed by atoms with Crippen LogP contribution in [0.5, 0.6) is 11.5 Å². The monoisotopic (exact) mass is 511 g/mol. The van der Waals surface area contributed by atoms with E-state index in [1.54, 1.807) is 12.1 Å². The fourth-order valence-corrected chi connectivity index (χ4v) is 4.60. The molecule has 3 aromatic rings. The summed E-state index contributed by atoms with van der Waals surface area (Å²) in [5, 5.41) is 0. The molecule has 3 aromatic carbocycles. The average Bonchev–Trinajstić information content (AvgIpc) is 2.90. The SMILES string of the molecule is CC(=O)Oc1ccc(C(=O)Cc2ccc(-c3ccc(OC4CCN(C)CC4)cc3)cc2)cc1CC=C(C)C. The molecule has 5 heteroatoms. The predicted octanol–water partition coefficient (Wildman–Crippen LogP) is 6.69. The second-order valence-electron chi connectivity index (χ2n) is 10.3. The smallest absolute Gasteiger partial charge is 0.308 e. The van der Waals surface area contributed by atoms with Gasteiger partial charge in [-0.15, -0.1) is 0 Å². The van der Waals surface area contributed by atoms with Gasteiger partial charge in [0.15, 0.2) is 5.78 Å². The summed E-state index contributed by atoms with van der Waals surface area (Å²) in [6.07, 6.45) is 5.37. The number of ether oxygens (including phenoxy) is 2. The van der Waals surface area contributed by atoms with Crippen LogP contribution in [0.4, 0.5) is 0 Å². The van der Waals surface area contributed by atoms with Gasteiger partial charge in [0.1, 0.15) is 17.6 Å². The van der Waals surface area contributed by atoms with Gasteiger partial charge in [0.25, 0.3) is 0 Å². The van der Waals surface area contributed by atoms with Crippen molar-refractivity contribution in [3.8, 4) is 22.6 Å². The van der Waals surface area contributed by atoms with E-state index in [9.17, 15) is 9.59 Å². The number of piperidine rings is 1. The molecule has 0 amide bonds. The van der Waals surface area contributed by atoms with Gasteiger partial charge < -0.3 is 14.4 Å². The Morgan fingerprint density at radius 3 is 2.13 bits per heavy atom. The van der Waals surface area contributed by atoms with Crippen molar-refractivity contribution in [2.75, 3.05) is 20.1 Å². The Labute approximate surface area is 226 Å². The van der Waals surface area contributed by atoms with Gasteiger partial charge in [-0.05, 0) is 92.7 Å². The van der Waals surface area contributed by atoms with Gasteiger partial charge in [-0.1, -0.05) is 48.0 Å². The largest absolute Gasteiger partial charge is 0.490 e. The molecule has 1 saturated heterocycles. The summed E-state index contributed by atoms with van der Waals surface area (Å²) in [6, 6.07) is 21.7. The molecule has 5 nitrogen and oxygen atoms in total. The standard InChI is InChI=1S/C33H37NO4/c1-23(2)5-8-29-22-28(13-16-33(29)37-24(3)35)32(36)21-25-6-9-26(10-7-25)27-11-14-30(15-12-27)38-31-17-19-34(4)20-18-31/h5-7,9-16,22,31H,8,17-21H2,1-4H3. The van der Waals surface area contributed by atoms with Gasteiger partial charge in [-0.25, -0.2) is 0 Å². The molecule has 198 valence electrons. The maximum atomic E-state index is 13.1. The first-order valence-electron chi connectivity index (χ1n) is 13.3. The van der Waals surface area contributed by atoms with E-state index in [4.69, 9.17) is 9.47 Å². The Bertz CT molecular complexity index is 1280. The lowest BCUT2D eigenvalue weighted by Gasteiger charge is -2.29. The van der Waals surface area contributed by atoms with Gasteiger partial charge in [0, 0.05) is 32.0 Å². The van der Waals surface area contributed by atoms with E-state index in [-0.39, 0.29) is 17.9 Å². The number of esters is 1. The Hall–Kier alpha value is -3.70. The Morgan fingerprint density at radius 2 is 1.53 bits per heavy atom. The van der Waals surface area contributed by atoms with E-state index in [2.05, 4.69) is 42.3 Å². The minimum absolute atomic E-state index is 0.0287. The third-order valence-electron chi connectivity index (χ3n) is 6.84. The molecule has 1 heterocycles. The minimum atomic E-state index is -0.373. The second kappa shape index (κ2) is 12.7. The molecule has 0 spiro atoms. The van der Waals surface area contributed by atoms with E-state index in [0.717, 1.165) is 59.5 Å². The van der Waals surface area contributed by atoms with Crippen LogP contribution in [0.15, 0.2) is 78.4 Å². The van der Waals surface area contributed by atoms with Crippen molar-refractivity contribution in [2.24, 2.45) is 0 Å². The molecule has 4 rings (SSSR count). The van der Waals surface area contributed by atoms with Crippen molar-refractivity contribution in [2.45, 2.75) is 52.6 Å². The number of hydrogen-bond donors (Lipinski definition) is 0. The van der Waals surface area contributed by atoms with E-state index >= 15 is 0 Å². The van der Waals surface area contributed by atoms with Gasteiger partial charge in [0.2, 0.25) is 0 Å². The molecule has 38 heavy (non-hydrogen) atoms. The lowest BCUT2D eigenvalue weighted by Crippen LogP contribution is -2.35. The molecule has 0 N–H and O–H groups in total. The molecule has 1 aliphatic heterocycles. The van der Waals surface area contributed by atoms with Crippen LogP contribution in [0.2, 0.25) is 0 Å². The van der Waals surface area contributed by atoms with Crippen LogP contribution >= 0.6 is 0 Å². The molecule has 0 atom stereocenters. The lowest BCUT2D eigenvalue weighted by molar-refractivity contribution is -0.131. The van der Waals surface area contributed by atoms with Crippen LogP contribution in [0, 0.1) is 0 Å². The highest BCUT2D eigenvalue weighted by molar-refractivity contribution is 5.98. The third kappa shape index (κ3) is 7.65. The summed E-state index contributed by atoms with van der Waals surface area (Å²) in [5.74, 6) is 1.07. The van der Waals surface area contributed by atoms with Crippen molar-refractivity contribution < 1.29 is 19.1 Å². The highest BCUT2D eigenvalue weighted by Crippen LogP contribution is 2.26. The van der Waals surface area contributed by atoms with Crippen molar-refractivity contribution >= 4 is 11.8 Å². The fourth-order valence-electron chi connectivity index (χ4n) is 4.60. The number of Topliss-reactive ketones (excluding diaryl/α,β-unsaturated/α-hetero) is 1. The topological polar surface area (TPSA) is 55.8 Å². The fraction of sp³-hybridized carbons (Fsp3) is 0.333. The van der Waals surface area contributed by atoms with Crippen LogP contribution in [0.1, 0.15) is 55.1 Å². The van der Waals surface area contributed by atoms with Crippen molar-refractivity contribution in [3.63, 3.8) is 0 Å². The quantitative estimate of drug-likeness (QED) is 0.139. The van der Waals surface area contributed by atoms with Crippen LogP contribution < -0.4 is 9.47 Å². The van der Waals surface area contributed by atoms with E-state index in [0.29, 0.717) is 24.2 Å². The second-order valence-corrected chi connectivity index (χ2v) is 10.3. The zero-order valence-corrected chi connectivity index (χ0v) is 22.8. The zero-order valence-electron chi connectivity index (χ0n) is 22.8. The number of carbonyl (C=O) groups is 2. The van der Waals surface area contributed by atoms with Crippen LogP contribution in [0.3, 0.4) is 0 Å². The number of ketones is 1. The van der Waals surface area contributed by atoms with Crippen molar-refractivity contribution in [3.05, 3.63) is 95.1 Å². The predicted molar refractivity (Wildman–Crippen MR) is 152 cm³/mol. The summed E-state index contributed by atoms with van der Waals surface area (Å²) >= 11 is 0. The lowest BCUT2D eigenvalue weighted by atomic mass is 9.97. The first kappa shape index (κ1) is 27.3. The first-order valence-corrected chi connectivity index (χ1v) is 13.3. The van der Waals surface area contributed by atoms with Gasteiger partial charge in [0.05, 0.1) is 0 Å². The molecule has 0 aliphatic carbocycles. The molecule has 0 unspecified atom stereocenters. The number of benzene rings is 3. The van der Waals surface area contributed by atoms with E-state index < -0.39 is 0 Å². The highest BCUT2D eigenvalue weighted by Gasteiger charge is 2.18. The number of likely N-dealkylation sites (tertiary alicyclic amines) is 1. The van der Waals surface area contributed by atoms with Gasteiger partial charge in [-0.3, -0.25) is 9.59 Å². The maximum Gasteiger partial charge on any atom is 0.308 e. The Kier molecular flexibility index (Phi) is 9.14. The normalized spacial score (nSPS) is 14.1. The molecule has 1 fully saturated rings. The molecule has 0 radical (unpaired) electrons. The third-order valence-corrected chi connectivity index (χ3v) is 6.84. The molecule has 0 saturated carbocycles. The first-order chi connectivity index (χ1) is 18.3. The Balaban J connectivity index is 1.39. The van der Waals surface area contributed by atoms with Gasteiger partial charge >= 0.3 is 5.97 Å². The van der Waals surface area contributed by atoms with Crippen LogP contribution in [-0.4, -0.2) is 42.9 Å². The molecule has 1 aliphatic rings. The summed E-state index contributed by atoms with van der Waals surface area (Å²) in [7, 11) is 2.15. The van der Waals surface area contributed by atoms with Crippen molar-refractivity contribution in [1.29, 1.82) is 0 Å². The molecular weight excluding hydrogens is 474 g/mol. The number of allylic oxidation sites excluding steroid dienone is 2. The number of carbonyl (C=O) groups excluding carboxylic acids is 2. The minimum Gasteiger partial charge on any atom is -0.490 e. The zero-order chi connectivity index (χ0) is 27.1. The highest BCUT2D eigenvalue weighted by atomic mass is 16.5. The summed E-state index contributed by atoms with van der Waals surface area (Å²) in [6.45, 7) is 7.57. The Morgan fingerprint density at radius 1 is 0.895 bits per heavy atom. The van der Waals surface area contributed by atoms with Gasteiger partial charge in [-0.2, -0.15) is 0 Å². The molecular formula is C33H37NO4. The summed E-state index contributed by atoms with van der Waals surface area (Å²) < 4.78 is 11.5. The summed E-state index contributed by atoms with van der Waals surface area (Å²) in [5.41, 5.74) is 5.77. The van der Waals surface area contributed by atoms with E-state index in [1.807, 2.05) is 44.2 Å². The number of rotatable bonds is 9. The van der Waals surface area contributed by atoms with Crippen LogP contribution in [-0.2, 0) is 17.6 Å². The number of nitrogens with zero attached hydrogens (tertiary/aromatic N) is 1. The molecule has 0 aromatic heterocycles. The van der Waals surface area contributed by atoms with E-state index in [1.165, 1.54) is 6.92 Å². The maximum absolute atomic E-state index is 13.1. The van der Waals surface area contributed by atoms with Crippen molar-refractivity contribution in [1.82, 2.24) is 4.90 Å². The number of hydrogen-bond acceptors (Lipinski definition) is 5.